The second-order valence-electron chi connectivity index (χ2n) is 4.54. The van der Waals surface area contributed by atoms with Crippen molar-refractivity contribution in [3.05, 3.63) is 23.8 Å². The van der Waals surface area contributed by atoms with Crippen molar-refractivity contribution in [3.8, 4) is 11.5 Å². The van der Waals surface area contributed by atoms with Gasteiger partial charge in [0.2, 0.25) is 0 Å². The molecule has 1 saturated heterocycles. The van der Waals surface area contributed by atoms with Gasteiger partial charge in [0.1, 0.15) is 11.5 Å². The molecule has 0 aliphatic carbocycles. The lowest BCUT2D eigenvalue weighted by atomic mass is 9.86. The number of hydrogen-bond acceptors (Lipinski definition) is 4. The fourth-order valence-electron chi connectivity index (χ4n) is 2.43. The van der Waals surface area contributed by atoms with E-state index in [1.165, 1.54) is 0 Å². The average molecular weight is 273 g/mol. The predicted molar refractivity (Wildman–Crippen MR) is 74.4 cm³/mol. The van der Waals surface area contributed by atoms with Crippen molar-refractivity contribution in [3.63, 3.8) is 0 Å². The van der Waals surface area contributed by atoms with Gasteiger partial charge in [0.15, 0.2) is 0 Å². The molecule has 0 bridgehead atoms. The summed E-state index contributed by atoms with van der Waals surface area (Å²) < 4.78 is 5.28. The van der Waals surface area contributed by atoms with Crippen molar-refractivity contribution in [2.24, 2.45) is 11.7 Å². The number of phenolic OH excluding ortho intramolecular Hbond substituents is 1. The van der Waals surface area contributed by atoms with Crippen LogP contribution >= 0.6 is 12.4 Å². The van der Waals surface area contributed by atoms with Gasteiger partial charge in [0, 0.05) is 17.7 Å². The van der Waals surface area contributed by atoms with Crippen LogP contribution in [-0.2, 0) is 0 Å². The molecule has 4 N–H and O–H groups in total. The van der Waals surface area contributed by atoms with Gasteiger partial charge < -0.3 is 20.9 Å². The quantitative estimate of drug-likeness (QED) is 0.785. The summed E-state index contributed by atoms with van der Waals surface area (Å²) in [4.78, 5) is 0. The second-order valence-corrected chi connectivity index (χ2v) is 4.54. The van der Waals surface area contributed by atoms with Gasteiger partial charge in [-0.1, -0.05) is 6.07 Å². The molecule has 1 heterocycles. The molecule has 18 heavy (non-hydrogen) atoms. The molecular weight excluding hydrogens is 252 g/mol. The Kier molecular flexibility index (Phi) is 5.72. The van der Waals surface area contributed by atoms with E-state index in [1.807, 2.05) is 6.07 Å². The summed E-state index contributed by atoms with van der Waals surface area (Å²) in [6.45, 7) is 2.05. The lowest BCUT2D eigenvalue weighted by Gasteiger charge is -2.29. The normalized spacial score (nSPS) is 17.9. The van der Waals surface area contributed by atoms with E-state index >= 15 is 0 Å². The number of rotatable bonds is 3. The highest BCUT2D eigenvalue weighted by atomic mass is 35.5. The zero-order valence-corrected chi connectivity index (χ0v) is 11.4. The highest BCUT2D eigenvalue weighted by Crippen LogP contribution is 2.34. The van der Waals surface area contributed by atoms with Crippen molar-refractivity contribution >= 4 is 12.4 Å². The van der Waals surface area contributed by atoms with Gasteiger partial charge in [-0.2, -0.15) is 0 Å². The van der Waals surface area contributed by atoms with E-state index in [-0.39, 0.29) is 24.2 Å². The molecule has 5 heteroatoms. The number of hydrogen-bond donors (Lipinski definition) is 3. The van der Waals surface area contributed by atoms with Crippen molar-refractivity contribution in [1.29, 1.82) is 0 Å². The van der Waals surface area contributed by atoms with Crippen molar-refractivity contribution < 1.29 is 9.84 Å². The SMILES string of the molecule is COc1cc(O)ccc1[C@H](N)C1CCNCC1.Cl. The van der Waals surface area contributed by atoms with Crippen molar-refractivity contribution in [2.75, 3.05) is 20.2 Å². The molecule has 102 valence electrons. The number of phenols is 1. The van der Waals surface area contributed by atoms with Crippen LogP contribution in [0.3, 0.4) is 0 Å². The van der Waals surface area contributed by atoms with Gasteiger partial charge in [-0.25, -0.2) is 0 Å². The number of nitrogens with two attached hydrogens (primary N) is 1. The van der Waals surface area contributed by atoms with E-state index in [0.717, 1.165) is 31.5 Å². The molecule has 1 atom stereocenters. The molecule has 1 fully saturated rings. The summed E-state index contributed by atoms with van der Waals surface area (Å²) in [6, 6.07) is 5.13. The molecule has 0 spiro atoms. The minimum atomic E-state index is -0.0207. The first-order valence-corrected chi connectivity index (χ1v) is 6.05. The summed E-state index contributed by atoms with van der Waals surface area (Å²) in [5, 5.41) is 12.8. The number of ether oxygens (including phenoxy) is 1. The Hall–Kier alpha value is -0.970. The minimum Gasteiger partial charge on any atom is -0.508 e. The summed E-state index contributed by atoms with van der Waals surface area (Å²) in [7, 11) is 1.60. The predicted octanol–water partition coefficient (Wildman–Crippen LogP) is 1.82. The fourth-order valence-corrected chi connectivity index (χ4v) is 2.43. The van der Waals surface area contributed by atoms with Crippen LogP contribution in [0.25, 0.3) is 0 Å². The molecule has 0 amide bonds. The van der Waals surface area contributed by atoms with Crippen molar-refractivity contribution in [1.82, 2.24) is 5.32 Å². The van der Waals surface area contributed by atoms with Crippen LogP contribution in [0.1, 0.15) is 24.4 Å². The summed E-state index contributed by atoms with van der Waals surface area (Å²) in [5.74, 6) is 1.37. The largest absolute Gasteiger partial charge is 0.508 e. The number of halogens is 1. The lowest BCUT2D eigenvalue weighted by Crippen LogP contribution is -2.33. The average Bonchev–Trinajstić information content (AvgIpc) is 2.39. The monoisotopic (exact) mass is 272 g/mol. The van der Waals surface area contributed by atoms with Gasteiger partial charge in [-0.15, -0.1) is 12.4 Å². The maximum Gasteiger partial charge on any atom is 0.127 e. The van der Waals surface area contributed by atoms with Crippen LogP contribution in [0, 0.1) is 5.92 Å². The fraction of sp³-hybridized carbons (Fsp3) is 0.538. The Labute approximate surface area is 114 Å². The molecule has 1 aliphatic rings. The molecule has 1 aliphatic heterocycles. The number of nitrogens with one attached hydrogen (secondary N) is 1. The van der Waals surface area contributed by atoms with Crippen LogP contribution in [0.5, 0.6) is 11.5 Å². The van der Waals surface area contributed by atoms with Crippen LogP contribution in [0.4, 0.5) is 0 Å². The topological polar surface area (TPSA) is 67.5 Å². The minimum absolute atomic E-state index is 0. The number of aromatic hydroxyl groups is 1. The smallest absolute Gasteiger partial charge is 0.127 e. The second kappa shape index (κ2) is 6.83. The van der Waals surface area contributed by atoms with Crippen LogP contribution in [0.2, 0.25) is 0 Å². The molecule has 0 radical (unpaired) electrons. The standard InChI is InChI=1S/C13H20N2O2.ClH/c1-17-12-8-10(16)2-3-11(12)13(14)9-4-6-15-7-5-9;/h2-3,8-9,13,15-16H,4-7,14H2,1H3;1H/t13-;/m1./s1. The Morgan fingerprint density at radius 1 is 1.39 bits per heavy atom. The Morgan fingerprint density at radius 3 is 2.67 bits per heavy atom. The molecule has 0 aromatic heterocycles. The molecule has 1 aromatic rings. The van der Waals surface area contributed by atoms with Crippen molar-refractivity contribution in [2.45, 2.75) is 18.9 Å². The maximum absolute atomic E-state index is 9.43. The van der Waals surface area contributed by atoms with E-state index in [1.54, 1.807) is 19.2 Å². The summed E-state index contributed by atoms with van der Waals surface area (Å²) >= 11 is 0. The Morgan fingerprint density at radius 2 is 2.06 bits per heavy atom. The highest BCUT2D eigenvalue weighted by Gasteiger charge is 2.24. The van der Waals surface area contributed by atoms with Gasteiger partial charge >= 0.3 is 0 Å². The molecule has 0 unspecified atom stereocenters. The Bertz CT molecular complexity index is 381. The summed E-state index contributed by atoms with van der Waals surface area (Å²) in [6.07, 6.45) is 2.18. The third kappa shape index (κ3) is 3.28. The van der Waals surface area contributed by atoms with E-state index in [9.17, 15) is 5.11 Å². The number of methoxy groups -OCH3 is 1. The summed E-state index contributed by atoms with van der Waals surface area (Å²) in [5.41, 5.74) is 7.29. The van der Waals surface area contributed by atoms with Crippen LogP contribution in [0.15, 0.2) is 18.2 Å². The van der Waals surface area contributed by atoms with E-state index in [2.05, 4.69) is 5.32 Å². The number of piperidine rings is 1. The highest BCUT2D eigenvalue weighted by molar-refractivity contribution is 5.85. The van der Waals surface area contributed by atoms with Gasteiger partial charge in [0.25, 0.3) is 0 Å². The van der Waals surface area contributed by atoms with E-state index in [0.29, 0.717) is 11.7 Å². The first-order chi connectivity index (χ1) is 8.22. The number of benzene rings is 1. The van der Waals surface area contributed by atoms with Gasteiger partial charge in [-0.3, -0.25) is 0 Å². The Balaban J connectivity index is 0.00000162. The maximum atomic E-state index is 9.43. The molecular formula is C13H21ClN2O2. The zero-order chi connectivity index (χ0) is 12.3. The third-order valence-corrected chi connectivity index (χ3v) is 3.47. The lowest BCUT2D eigenvalue weighted by molar-refractivity contribution is 0.313. The molecule has 0 saturated carbocycles. The van der Waals surface area contributed by atoms with E-state index < -0.39 is 0 Å². The first-order valence-electron chi connectivity index (χ1n) is 6.05. The third-order valence-electron chi connectivity index (χ3n) is 3.47. The first kappa shape index (κ1) is 15.1. The zero-order valence-electron chi connectivity index (χ0n) is 10.6. The molecule has 4 nitrogen and oxygen atoms in total. The molecule has 1 aromatic carbocycles. The van der Waals surface area contributed by atoms with E-state index in [4.69, 9.17) is 10.5 Å². The van der Waals surface area contributed by atoms with Gasteiger partial charge in [-0.05, 0) is 37.9 Å². The molecule has 2 rings (SSSR count). The van der Waals surface area contributed by atoms with Crippen LogP contribution < -0.4 is 15.8 Å². The van der Waals surface area contributed by atoms with Crippen LogP contribution in [-0.4, -0.2) is 25.3 Å². The van der Waals surface area contributed by atoms with Gasteiger partial charge in [0.05, 0.1) is 7.11 Å².